The Balaban J connectivity index is 1.76. The second-order valence-corrected chi connectivity index (χ2v) is 13.5. The lowest BCUT2D eigenvalue weighted by Crippen LogP contribution is -2.48. The molecule has 0 atom stereocenters. The molecule has 1 aromatic heterocycles. The monoisotopic (exact) mass is 515 g/mol. The van der Waals surface area contributed by atoms with Gasteiger partial charge >= 0.3 is 0 Å². The number of nitrogens with zero attached hydrogens (tertiary/aromatic N) is 3. The van der Waals surface area contributed by atoms with Crippen LogP contribution < -0.4 is 9.64 Å². The molecule has 3 rings (SSSR count). The topological polar surface area (TPSA) is 114 Å². The third-order valence-corrected chi connectivity index (χ3v) is 9.70. The van der Waals surface area contributed by atoms with Gasteiger partial charge in [0.05, 0.1) is 28.5 Å². The fraction of sp³-hybridized carbons (Fsp3) is 0.524. The van der Waals surface area contributed by atoms with Crippen molar-refractivity contribution in [1.29, 1.82) is 0 Å². The second kappa shape index (κ2) is 9.98. The minimum absolute atomic E-state index is 0.0594. The molecule has 1 aromatic carbocycles. The van der Waals surface area contributed by atoms with Gasteiger partial charge in [-0.2, -0.15) is 0 Å². The Labute approximate surface area is 199 Å². The summed E-state index contributed by atoms with van der Waals surface area (Å²) in [6, 6.07) is 4.33. The molecule has 0 aliphatic carbocycles. The highest BCUT2D eigenvalue weighted by Gasteiger charge is 2.28. The zero-order valence-corrected chi connectivity index (χ0v) is 21.6. The second-order valence-electron chi connectivity index (χ2n) is 8.16. The summed E-state index contributed by atoms with van der Waals surface area (Å²) in [4.78, 5) is 21.2. The molecule has 0 radical (unpaired) electrons. The molecule has 1 saturated heterocycles. The number of amides is 1. The van der Waals surface area contributed by atoms with Crippen molar-refractivity contribution in [2.45, 2.75) is 42.4 Å². The van der Waals surface area contributed by atoms with Crippen LogP contribution in [-0.4, -0.2) is 76.9 Å². The van der Waals surface area contributed by atoms with Crippen LogP contribution in [0.4, 0.5) is 5.13 Å². The van der Waals surface area contributed by atoms with Crippen LogP contribution in [0.25, 0.3) is 0 Å². The number of benzene rings is 1. The summed E-state index contributed by atoms with van der Waals surface area (Å²) in [6.07, 6.45) is 2.86. The fourth-order valence-electron chi connectivity index (χ4n) is 3.44. The van der Waals surface area contributed by atoms with E-state index in [1.807, 2.05) is 25.7 Å². The summed E-state index contributed by atoms with van der Waals surface area (Å²) in [5.74, 6) is 0.126. The molecule has 9 nitrogen and oxygen atoms in total. The van der Waals surface area contributed by atoms with Crippen LogP contribution in [0.1, 0.15) is 37.6 Å². The van der Waals surface area contributed by atoms with Crippen LogP contribution in [0.2, 0.25) is 0 Å². The van der Waals surface area contributed by atoms with E-state index in [4.69, 9.17) is 4.74 Å². The van der Waals surface area contributed by atoms with Gasteiger partial charge in [0.2, 0.25) is 0 Å². The third kappa shape index (κ3) is 6.04. The van der Waals surface area contributed by atoms with Crippen LogP contribution >= 0.6 is 11.3 Å². The molecule has 12 heteroatoms. The van der Waals surface area contributed by atoms with E-state index in [1.54, 1.807) is 4.90 Å². The predicted octanol–water partition coefficient (Wildman–Crippen LogP) is 2.48. The van der Waals surface area contributed by atoms with Crippen molar-refractivity contribution in [3.8, 4) is 5.75 Å². The summed E-state index contributed by atoms with van der Waals surface area (Å²) in [7, 11) is -6.80. The molecule has 1 aliphatic rings. The van der Waals surface area contributed by atoms with Crippen molar-refractivity contribution in [3.05, 3.63) is 30.0 Å². The molecule has 0 bridgehead atoms. The van der Waals surface area contributed by atoms with Gasteiger partial charge in [-0.15, -0.1) is 0 Å². The van der Waals surface area contributed by atoms with Crippen LogP contribution in [0, 0.1) is 0 Å². The maximum absolute atomic E-state index is 13.3. The van der Waals surface area contributed by atoms with E-state index >= 15 is 0 Å². The minimum atomic E-state index is -3.48. The van der Waals surface area contributed by atoms with Crippen LogP contribution in [0.5, 0.6) is 5.75 Å². The molecule has 1 amide bonds. The molecule has 0 N–H and O–H groups in total. The number of anilines is 1. The first kappa shape index (κ1) is 25.4. The van der Waals surface area contributed by atoms with Crippen LogP contribution in [0.15, 0.2) is 33.5 Å². The molecule has 2 aromatic rings. The smallest absolute Gasteiger partial charge is 0.257 e. The number of hydrogen-bond donors (Lipinski definition) is 0. The summed E-state index contributed by atoms with van der Waals surface area (Å²) in [6.45, 7) is 7.23. The fourth-order valence-corrected chi connectivity index (χ4v) is 6.73. The Morgan fingerprint density at radius 1 is 1.15 bits per heavy atom. The quantitative estimate of drug-likeness (QED) is 0.527. The van der Waals surface area contributed by atoms with Crippen molar-refractivity contribution < 1.29 is 26.4 Å². The lowest BCUT2D eigenvalue weighted by molar-refractivity contribution is 0.0740. The van der Waals surface area contributed by atoms with E-state index in [1.165, 1.54) is 24.4 Å². The Kier molecular flexibility index (Phi) is 7.69. The molecular weight excluding hydrogens is 486 g/mol. The van der Waals surface area contributed by atoms with Crippen LogP contribution in [-0.2, 0) is 19.7 Å². The van der Waals surface area contributed by atoms with Gasteiger partial charge in [0.15, 0.2) is 24.8 Å². The molecule has 1 fully saturated rings. The van der Waals surface area contributed by atoms with E-state index in [9.17, 15) is 21.6 Å². The number of ether oxygens (including phenoxy) is 1. The molecule has 0 spiro atoms. The van der Waals surface area contributed by atoms with E-state index in [0.29, 0.717) is 43.5 Å². The molecule has 2 heterocycles. The first-order valence-corrected chi connectivity index (χ1v) is 15.0. The SMILES string of the molecule is CCCS(=O)(=O)c1cnc(N2CCN(C(=O)c3cc(S(C)(=O)=O)ccc3OC(C)C)CC2)s1. The molecule has 182 valence electrons. The highest BCUT2D eigenvalue weighted by Crippen LogP contribution is 2.29. The largest absolute Gasteiger partial charge is 0.490 e. The number of rotatable bonds is 8. The van der Waals surface area contributed by atoms with Crippen molar-refractivity contribution in [2.75, 3.05) is 43.1 Å². The molecule has 33 heavy (non-hydrogen) atoms. The average Bonchev–Trinajstić information content (AvgIpc) is 3.24. The van der Waals surface area contributed by atoms with Crippen molar-refractivity contribution >= 4 is 42.1 Å². The van der Waals surface area contributed by atoms with Gasteiger partial charge < -0.3 is 14.5 Å². The lowest BCUT2D eigenvalue weighted by atomic mass is 10.1. The number of piperazine rings is 1. The van der Waals surface area contributed by atoms with Gasteiger partial charge in [-0.25, -0.2) is 21.8 Å². The number of carbonyl (C=O) groups is 1. The number of hydrogen-bond acceptors (Lipinski definition) is 9. The number of carbonyl (C=O) groups excluding carboxylic acids is 1. The zero-order valence-electron chi connectivity index (χ0n) is 19.1. The highest BCUT2D eigenvalue weighted by molar-refractivity contribution is 7.93. The Hall–Kier alpha value is -2.18. The number of aromatic nitrogens is 1. The Morgan fingerprint density at radius 2 is 1.82 bits per heavy atom. The van der Waals surface area contributed by atoms with E-state index in [-0.39, 0.29) is 32.4 Å². The molecular formula is C21H29N3O6S3. The van der Waals surface area contributed by atoms with E-state index in [0.717, 1.165) is 17.6 Å². The molecule has 0 saturated carbocycles. The summed E-state index contributed by atoms with van der Waals surface area (Å²) in [5.41, 5.74) is 0.210. The average molecular weight is 516 g/mol. The van der Waals surface area contributed by atoms with Gasteiger partial charge in [0.25, 0.3) is 5.91 Å². The summed E-state index contributed by atoms with van der Waals surface area (Å²) >= 11 is 1.14. The van der Waals surface area contributed by atoms with Gasteiger partial charge in [0.1, 0.15) is 9.96 Å². The van der Waals surface area contributed by atoms with E-state index in [2.05, 4.69) is 4.98 Å². The normalized spacial score (nSPS) is 15.2. The van der Waals surface area contributed by atoms with Gasteiger partial charge in [-0.05, 0) is 38.5 Å². The first-order chi connectivity index (χ1) is 15.4. The van der Waals surface area contributed by atoms with Crippen molar-refractivity contribution in [3.63, 3.8) is 0 Å². The minimum Gasteiger partial charge on any atom is -0.490 e. The maximum atomic E-state index is 13.3. The molecule has 1 aliphatic heterocycles. The number of thiazole rings is 1. The predicted molar refractivity (Wildman–Crippen MR) is 128 cm³/mol. The first-order valence-electron chi connectivity index (χ1n) is 10.7. The summed E-state index contributed by atoms with van der Waals surface area (Å²) < 4.78 is 54.6. The maximum Gasteiger partial charge on any atom is 0.257 e. The molecule has 0 unspecified atom stereocenters. The van der Waals surface area contributed by atoms with Gasteiger partial charge in [-0.3, -0.25) is 4.79 Å². The Morgan fingerprint density at radius 3 is 2.39 bits per heavy atom. The Bertz CT molecular complexity index is 1210. The number of sulfone groups is 2. The standard InChI is InChI=1S/C21H29N3O6S3/c1-5-12-33(28,29)19-14-22-21(31-19)24-10-8-23(9-11-24)20(25)17-13-16(32(4,26)27)6-7-18(17)30-15(2)3/h6-7,13-15H,5,8-12H2,1-4H3. The van der Waals surface area contributed by atoms with Gasteiger partial charge in [-0.1, -0.05) is 18.3 Å². The lowest BCUT2D eigenvalue weighted by Gasteiger charge is -2.35. The van der Waals surface area contributed by atoms with Crippen LogP contribution in [0.3, 0.4) is 0 Å². The zero-order chi connectivity index (χ0) is 24.4. The third-order valence-electron chi connectivity index (χ3n) is 5.06. The van der Waals surface area contributed by atoms with Crippen molar-refractivity contribution in [1.82, 2.24) is 9.88 Å². The highest BCUT2D eigenvalue weighted by atomic mass is 32.2. The van der Waals surface area contributed by atoms with E-state index < -0.39 is 19.7 Å². The summed E-state index contributed by atoms with van der Waals surface area (Å²) in [5, 5.41) is 0.611. The van der Waals surface area contributed by atoms with Gasteiger partial charge in [0, 0.05) is 32.4 Å². The van der Waals surface area contributed by atoms with Crippen molar-refractivity contribution in [2.24, 2.45) is 0 Å².